The molecule has 0 bridgehead atoms. The van der Waals surface area contributed by atoms with E-state index < -0.39 is 0 Å². The molecule has 0 saturated carbocycles. The molecule has 1 saturated heterocycles. The molecule has 5 aliphatic heterocycles. The Bertz CT molecular complexity index is 571. The van der Waals surface area contributed by atoms with Crippen molar-refractivity contribution in [3.8, 4) is 0 Å². The minimum atomic E-state index is 0.178. The van der Waals surface area contributed by atoms with Crippen LogP contribution >= 0.6 is 70.6 Å². The van der Waals surface area contributed by atoms with Gasteiger partial charge < -0.3 is 0 Å². The van der Waals surface area contributed by atoms with Crippen molar-refractivity contribution in [2.75, 3.05) is 13.2 Å². The van der Waals surface area contributed by atoms with Crippen LogP contribution in [0.5, 0.6) is 0 Å². The first-order chi connectivity index (χ1) is 10.9. The molecule has 1 fully saturated rings. The van der Waals surface area contributed by atoms with Gasteiger partial charge in [-0.3, -0.25) is 0 Å². The van der Waals surface area contributed by atoms with Crippen molar-refractivity contribution < 1.29 is 9.47 Å². The molecule has 5 aliphatic rings. The Morgan fingerprint density at radius 2 is 1.18 bits per heavy atom. The van der Waals surface area contributed by atoms with Crippen LogP contribution < -0.4 is 0 Å². The molecule has 0 aromatic rings. The summed E-state index contributed by atoms with van der Waals surface area (Å²) in [6.07, 6.45) is 0. The zero-order chi connectivity index (χ0) is 14.5. The maximum atomic E-state index is 5.86. The third-order valence-corrected chi connectivity index (χ3v) is 20.2. The maximum absolute atomic E-state index is 5.86. The standard InChI is InChI=1S/C12H10O2S6Se2/c1-2-14-6-5(13-1)15-7-8(16-6)18-9(17-7)10-19-11-12(20-10)22-4-3-21-11/h5-6H,1-4H2. The summed E-state index contributed by atoms with van der Waals surface area (Å²) in [5.74, 6) is 0. The third kappa shape index (κ3) is 3.18. The van der Waals surface area contributed by atoms with Crippen LogP contribution in [0.1, 0.15) is 0 Å². The van der Waals surface area contributed by atoms with Gasteiger partial charge in [-0.25, -0.2) is 0 Å². The summed E-state index contributed by atoms with van der Waals surface area (Å²) < 4.78 is 21.1. The van der Waals surface area contributed by atoms with Gasteiger partial charge in [-0.1, -0.05) is 0 Å². The molecule has 2 unspecified atom stereocenters. The predicted molar refractivity (Wildman–Crippen MR) is 107 cm³/mol. The second-order valence-electron chi connectivity index (χ2n) is 4.54. The van der Waals surface area contributed by atoms with E-state index in [9.17, 15) is 0 Å². The van der Waals surface area contributed by atoms with Gasteiger partial charge in [-0.05, 0) is 0 Å². The topological polar surface area (TPSA) is 18.5 Å². The summed E-state index contributed by atoms with van der Waals surface area (Å²) in [5, 5.41) is 2.92. The Morgan fingerprint density at radius 1 is 0.682 bits per heavy atom. The van der Waals surface area contributed by atoms with Crippen LogP contribution in [0.2, 0.25) is 10.6 Å². The minimum absolute atomic E-state index is 0.178. The van der Waals surface area contributed by atoms with Crippen LogP contribution in [0.25, 0.3) is 0 Å². The second kappa shape index (κ2) is 7.12. The molecular formula is C12H10O2S6Se2. The first-order valence-corrected chi connectivity index (χ1v) is 15.8. The molecule has 0 amide bonds. The second-order valence-corrected chi connectivity index (χ2v) is 17.7. The van der Waals surface area contributed by atoms with Crippen molar-refractivity contribution in [2.24, 2.45) is 0 Å². The number of ether oxygens (including phenoxy) is 2. The molecule has 22 heavy (non-hydrogen) atoms. The van der Waals surface area contributed by atoms with Crippen LogP contribution in [-0.4, -0.2) is 54.0 Å². The summed E-state index contributed by atoms with van der Waals surface area (Å²) in [7, 11) is 0. The van der Waals surface area contributed by atoms with Gasteiger partial charge in [0.1, 0.15) is 0 Å². The van der Waals surface area contributed by atoms with Gasteiger partial charge in [-0.2, -0.15) is 0 Å². The predicted octanol–water partition coefficient (Wildman–Crippen LogP) is 4.76. The van der Waals surface area contributed by atoms with E-state index in [4.69, 9.17) is 9.47 Å². The van der Waals surface area contributed by atoms with Gasteiger partial charge >= 0.3 is 169 Å². The van der Waals surface area contributed by atoms with Crippen LogP contribution in [0.3, 0.4) is 0 Å². The van der Waals surface area contributed by atoms with Gasteiger partial charge in [0.05, 0.1) is 0 Å². The summed E-state index contributed by atoms with van der Waals surface area (Å²) in [6.45, 7) is 1.46. The van der Waals surface area contributed by atoms with E-state index in [1.807, 2.05) is 47.0 Å². The molecule has 0 radical (unpaired) electrons. The van der Waals surface area contributed by atoms with Gasteiger partial charge in [-0.15, -0.1) is 0 Å². The molecule has 0 aromatic carbocycles. The first kappa shape index (κ1) is 16.5. The monoisotopic (exact) mass is 538 g/mol. The van der Waals surface area contributed by atoms with Gasteiger partial charge in [0.2, 0.25) is 0 Å². The number of fused-ring (bicyclic) bond motifs is 1. The molecule has 5 rings (SSSR count). The molecule has 2 atom stereocenters. The summed E-state index contributed by atoms with van der Waals surface area (Å²) >= 11 is 13.3. The van der Waals surface area contributed by atoms with Crippen molar-refractivity contribution in [3.63, 3.8) is 0 Å². The zero-order valence-corrected chi connectivity index (χ0v) is 19.4. The van der Waals surface area contributed by atoms with E-state index in [-0.39, 0.29) is 10.9 Å². The Morgan fingerprint density at radius 3 is 1.73 bits per heavy atom. The fourth-order valence-corrected chi connectivity index (χ4v) is 20.0. The van der Waals surface area contributed by atoms with Crippen molar-refractivity contribution in [1.82, 2.24) is 0 Å². The zero-order valence-electron chi connectivity index (χ0n) is 11.1. The molecular weight excluding hydrogens is 526 g/mol. The van der Waals surface area contributed by atoms with E-state index in [0.717, 1.165) is 43.1 Å². The van der Waals surface area contributed by atoms with Crippen LogP contribution in [-0.2, 0) is 9.47 Å². The molecule has 0 spiro atoms. The third-order valence-electron chi connectivity index (χ3n) is 3.11. The fourth-order valence-electron chi connectivity index (χ4n) is 2.18. The first-order valence-electron chi connectivity index (χ1n) is 6.63. The van der Waals surface area contributed by atoms with Gasteiger partial charge in [0.25, 0.3) is 0 Å². The molecule has 0 aliphatic carbocycles. The summed E-state index contributed by atoms with van der Waals surface area (Å²) in [5.41, 5.74) is 0.355. The van der Waals surface area contributed by atoms with Crippen LogP contribution in [0.15, 0.2) is 24.6 Å². The van der Waals surface area contributed by atoms with Crippen molar-refractivity contribution in [1.29, 1.82) is 0 Å². The van der Waals surface area contributed by atoms with E-state index >= 15 is 0 Å². The number of rotatable bonds is 0. The van der Waals surface area contributed by atoms with Gasteiger partial charge in [0, 0.05) is 0 Å². The molecule has 118 valence electrons. The van der Waals surface area contributed by atoms with E-state index in [1.54, 1.807) is 11.8 Å². The quantitative estimate of drug-likeness (QED) is 0.408. The van der Waals surface area contributed by atoms with Crippen molar-refractivity contribution in [2.45, 2.75) is 21.5 Å². The number of thioether (sulfide) groups is 6. The van der Waals surface area contributed by atoms with E-state index in [2.05, 4.69) is 23.5 Å². The SMILES string of the molecule is C1COC2SC3=C(SC(=C4SC5=C(S4)[Se]CC[Se]5)S3)SC2O1. The molecule has 10 heteroatoms. The number of hydrogen-bond acceptors (Lipinski definition) is 8. The van der Waals surface area contributed by atoms with E-state index in [0.29, 0.717) is 0 Å². The van der Waals surface area contributed by atoms with Crippen molar-refractivity contribution in [3.05, 3.63) is 24.6 Å². The normalized spacial score (nSPS) is 34.9. The van der Waals surface area contributed by atoms with E-state index in [1.165, 1.54) is 23.3 Å². The summed E-state index contributed by atoms with van der Waals surface area (Å²) in [6, 6.07) is 0. The Balaban J connectivity index is 1.34. The molecule has 0 N–H and O–H groups in total. The average molecular weight is 537 g/mol. The number of hydrogen-bond donors (Lipinski definition) is 0. The van der Waals surface area contributed by atoms with Crippen LogP contribution in [0, 0.1) is 0 Å². The molecule has 0 aromatic heterocycles. The Kier molecular flexibility index (Phi) is 5.33. The summed E-state index contributed by atoms with van der Waals surface area (Å²) in [4.78, 5) is 0. The molecule has 5 heterocycles. The molecule has 2 nitrogen and oxygen atoms in total. The Labute approximate surface area is 167 Å². The fraction of sp³-hybridized carbons (Fsp3) is 0.500. The average Bonchev–Trinajstić information content (AvgIpc) is 3.15. The van der Waals surface area contributed by atoms with Gasteiger partial charge in [0.15, 0.2) is 0 Å². The van der Waals surface area contributed by atoms with Crippen molar-refractivity contribution >= 4 is 100 Å². The van der Waals surface area contributed by atoms with Crippen LogP contribution in [0.4, 0.5) is 0 Å². The Hall–Kier alpha value is 2.28.